The van der Waals surface area contributed by atoms with E-state index in [-0.39, 0.29) is 5.82 Å². The molecule has 2 rings (SSSR count). The minimum absolute atomic E-state index is 0.241. The third-order valence-corrected chi connectivity index (χ3v) is 3.11. The van der Waals surface area contributed by atoms with Gasteiger partial charge in [0.05, 0.1) is 12.1 Å². The Balaban J connectivity index is 2.09. The number of nitrogens with zero attached hydrogens (tertiary/aromatic N) is 1. The quantitative estimate of drug-likeness (QED) is 0.885. The Labute approximate surface area is 125 Å². The molecule has 1 heterocycles. The van der Waals surface area contributed by atoms with Crippen LogP contribution in [0, 0.1) is 12.7 Å². The van der Waals surface area contributed by atoms with Crippen LogP contribution < -0.4 is 0 Å². The van der Waals surface area contributed by atoms with Crippen LogP contribution in [0.4, 0.5) is 4.39 Å². The lowest BCUT2D eigenvalue weighted by Gasteiger charge is -2.28. The summed E-state index contributed by atoms with van der Waals surface area (Å²) in [4.78, 5) is 2.09. The first-order valence-corrected chi connectivity index (χ1v) is 7.06. The number of hydrogen-bond acceptors (Lipinski definition) is 3. The maximum atomic E-state index is 13.0. The summed E-state index contributed by atoms with van der Waals surface area (Å²) in [5.41, 5.74) is 0.200. The van der Waals surface area contributed by atoms with Crippen molar-refractivity contribution >= 4 is 0 Å². The lowest BCUT2D eigenvalue weighted by Crippen LogP contribution is -2.37. The van der Waals surface area contributed by atoms with E-state index in [9.17, 15) is 9.50 Å². The fourth-order valence-corrected chi connectivity index (χ4v) is 2.35. The molecular weight excluding hydrogens is 269 g/mol. The van der Waals surface area contributed by atoms with Crippen LogP contribution in [0.15, 0.2) is 40.8 Å². The number of halogens is 1. The highest BCUT2D eigenvalue weighted by Crippen LogP contribution is 2.16. The average Bonchev–Trinajstić information content (AvgIpc) is 2.75. The molecule has 0 saturated carbocycles. The Morgan fingerprint density at radius 3 is 2.29 bits per heavy atom. The van der Waals surface area contributed by atoms with Gasteiger partial charge in [-0.05, 0) is 50.6 Å². The lowest BCUT2D eigenvalue weighted by atomic mass is 10.1. The molecule has 114 valence electrons. The van der Waals surface area contributed by atoms with Gasteiger partial charge in [-0.15, -0.1) is 0 Å². The molecule has 0 aliphatic rings. The Kier molecular flexibility index (Phi) is 4.80. The molecule has 1 aromatic carbocycles. The second-order valence-corrected chi connectivity index (χ2v) is 6.10. The summed E-state index contributed by atoms with van der Waals surface area (Å²) in [6.45, 7) is 7.20. The van der Waals surface area contributed by atoms with Gasteiger partial charge in [0.2, 0.25) is 0 Å². The zero-order valence-corrected chi connectivity index (χ0v) is 12.8. The van der Waals surface area contributed by atoms with Gasteiger partial charge in [-0.3, -0.25) is 4.90 Å². The van der Waals surface area contributed by atoms with E-state index in [0.29, 0.717) is 19.6 Å². The molecule has 2 aromatic rings. The molecular formula is C17H22FNO2. The minimum Gasteiger partial charge on any atom is -0.465 e. The summed E-state index contributed by atoms with van der Waals surface area (Å²) >= 11 is 0. The molecule has 3 nitrogen and oxygen atoms in total. The smallest absolute Gasteiger partial charge is 0.123 e. The van der Waals surface area contributed by atoms with E-state index < -0.39 is 5.60 Å². The monoisotopic (exact) mass is 291 g/mol. The fraction of sp³-hybridized carbons (Fsp3) is 0.412. The van der Waals surface area contributed by atoms with Crippen LogP contribution in [-0.4, -0.2) is 22.2 Å². The largest absolute Gasteiger partial charge is 0.465 e. The number of rotatable bonds is 6. The second kappa shape index (κ2) is 6.41. The molecule has 4 heteroatoms. The Bertz CT molecular complexity index is 569. The first-order valence-electron chi connectivity index (χ1n) is 7.06. The zero-order chi connectivity index (χ0) is 15.5. The fourth-order valence-electron chi connectivity index (χ4n) is 2.35. The first kappa shape index (κ1) is 15.7. The van der Waals surface area contributed by atoms with Gasteiger partial charge in [-0.1, -0.05) is 12.1 Å². The van der Waals surface area contributed by atoms with E-state index in [0.717, 1.165) is 17.1 Å². The molecule has 0 atom stereocenters. The van der Waals surface area contributed by atoms with Crippen molar-refractivity contribution in [2.45, 2.75) is 39.5 Å². The van der Waals surface area contributed by atoms with Gasteiger partial charge in [-0.2, -0.15) is 0 Å². The maximum absolute atomic E-state index is 13.0. The minimum atomic E-state index is -0.804. The van der Waals surface area contributed by atoms with E-state index >= 15 is 0 Å². The van der Waals surface area contributed by atoms with Crippen LogP contribution in [0.3, 0.4) is 0 Å². The van der Waals surface area contributed by atoms with Crippen molar-refractivity contribution in [3.63, 3.8) is 0 Å². The summed E-state index contributed by atoms with van der Waals surface area (Å²) in [6, 6.07) is 10.3. The van der Waals surface area contributed by atoms with Gasteiger partial charge in [0.15, 0.2) is 0 Å². The van der Waals surface area contributed by atoms with Gasteiger partial charge in [0, 0.05) is 13.1 Å². The van der Waals surface area contributed by atoms with Crippen LogP contribution in [-0.2, 0) is 13.1 Å². The Morgan fingerprint density at radius 2 is 1.76 bits per heavy atom. The van der Waals surface area contributed by atoms with Crippen molar-refractivity contribution in [1.29, 1.82) is 0 Å². The molecule has 0 fully saturated rings. The highest BCUT2D eigenvalue weighted by Gasteiger charge is 2.19. The number of aryl methyl sites for hydroxylation is 1. The number of furan rings is 1. The van der Waals surface area contributed by atoms with E-state index in [1.807, 2.05) is 19.1 Å². The van der Waals surface area contributed by atoms with Crippen LogP contribution in [0.2, 0.25) is 0 Å². The average molecular weight is 291 g/mol. The van der Waals surface area contributed by atoms with E-state index in [2.05, 4.69) is 4.90 Å². The van der Waals surface area contributed by atoms with Crippen molar-refractivity contribution in [3.05, 3.63) is 59.3 Å². The molecule has 0 bridgehead atoms. The SMILES string of the molecule is Cc1ccc(CN(Cc2ccc(F)cc2)CC(C)(C)O)o1. The second-order valence-electron chi connectivity index (χ2n) is 6.10. The van der Waals surface area contributed by atoms with Crippen LogP contribution in [0.5, 0.6) is 0 Å². The standard InChI is InChI=1S/C17H22FNO2/c1-13-4-9-16(21-13)11-19(12-17(2,3)20)10-14-5-7-15(18)8-6-14/h4-9,20H,10-12H2,1-3H3. The maximum Gasteiger partial charge on any atom is 0.123 e. The van der Waals surface area contributed by atoms with Gasteiger partial charge in [0.25, 0.3) is 0 Å². The summed E-state index contributed by atoms with van der Waals surface area (Å²) in [5, 5.41) is 10.1. The summed E-state index contributed by atoms with van der Waals surface area (Å²) in [7, 11) is 0. The third kappa shape index (κ3) is 5.33. The number of benzene rings is 1. The van der Waals surface area contributed by atoms with Crippen molar-refractivity contribution in [2.75, 3.05) is 6.54 Å². The normalized spacial score (nSPS) is 12.1. The molecule has 0 spiro atoms. The molecule has 0 aliphatic carbocycles. The van der Waals surface area contributed by atoms with Crippen molar-refractivity contribution in [2.24, 2.45) is 0 Å². The summed E-state index contributed by atoms with van der Waals surface area (Å²) < 4.78 is 18.6. The van der Waals surface area contributed by atoms with Gasteiger partial charge in [-0.25, -0.2) is 4.39 Å². The van der Waals surface area contributed by atoms with Crippen LogP contribution >= 0.6 is 0 Å². The topological polar surface area (TPSA) is 36.6 Å². The predicted octanol–water partition coefficient (Wildman–Crippen LogP) is 3.50. The van der Waals surface area contributed by atoms with Gasteiger partial charge >= 0.3 is 0 Å². The molecule has 1 aromatic heterocycles. The van der Waals surface area contributed by atoms with E-state index in [1.165, 1.54) is 12.1 Å². The van der Waals surface area contributed by atoms with Crippen LogP contribution in [0.25, 0.3) is 0 Å². The molecule has 1 N–H and O–H groups in total. The zero-order valence-electron chi connectivity index (χ0n) is 12.8. The number of aliphatic hydroxyl groups is 1. The highest BCUT2D eigenvalue weighted by atomic mass is 19.1. The van der Waals surface area contributed by atoms with E-state index in [4.69, 9.17) is 4.42 Å². The third-order valence-electron chi connectivity index (χ3n) is 3.11. The van der Waals surface area contributed by atoms with E-state index in [1.54, 1.807) is 26.0 Å². The molecule has 0 amide bonds. The summed E-state index contributed by atoms with van der Waals surface area (Å²) in [5.74, 6) is 1.49. The van der Waals surface area contributed by atoms with Gasteiger partial charge < -0.3 is 9.52 Å². The number of hydrogen-bond donors (Lipinski definition) is 1. The lowest BCUT2D eigenvalue weighted by molar-refractivity contribution is 0.0285. The Hall–Kier alpha value is -1.65. The molecule has 0 aliphatic heterocycles. The van der Waals surface area contributed by atoms with Crippen molar-refractivity contribution < 1.29 is 13.9 Å². The van der Waals surface area contributed by atoms with Crippen molar-refractivity contribution in [3.8, 4) is 0 Å². The summed E-state index contributed by atoms with van der Waals surface area (Å²) in [6.07, 6.45) is 0. The molecule has 0 radical (unpaired) electrons. The van der Waals surface area contributed by atoms with Gasteiger partial charge in [0.1, 0.15) is 17.3 Å². The molecule has 21 heavy (non-hydrogen) atoms. The highest BCUT2D eigenvalue weighted by molar-refractivity contribution is 5.16. The van der Waals surface area contributed by atoms with Crippen molar-refractivity contribution in [1.82, 2.24) is 4.90 Å². The first-order chi connectivity index (χ1) is 9.82. The predicted molar refractivity (Wildman–Crippen MR) is 80.3 cm³/mol. The van der Waals surface area contributed by atoms with Crippen LogP contribution in [0.1, 0.15) is 30.9 Å². The Morgan fingerprint density at radius 1 is 1.10 bits per heavy atom. The molecule has 0 saturated heterocycles. The molecule has 0 unspecified atom stereocenters.